The van der Waals surface area contributed by atoms with E-state index in [-0.39, 0.29) is 11.8 Å². The van der Waals surface area contributed by atoms with Crippen LogP contribution in [0.4, 0.5) is 10.3 Å². The van der Waals surface area contributed by atoms with E-state index < -0.39 is 0 Å². The van der Waals surface area contributed by atoms with E-state index in [1.807, 2.05) is 13.0 Å². The van der Waals surface area contributed by atoms with Crippen LogP contribution in [0.1, 0.15) is 30.1 Å². The number of rotatable bonds is 2. The van der Waals surface area contributed by atoms with Gasteiger partial charge in [-0.05, 0) is 43.5 Å². The quantitative estimate of drug-likeness (QED) is 0.881. The van der Waals surface area contributed by atoms with Crippen LogP contribution in [-0.2, 0) is 0 Å². The Morgan fingerprint density at radius 1 is 1.17 bits per heavy atom. The van der Waals surface area contributed by atoms with Gasteiger partial charge in [0, 0.05) is 11.5 Å². The summed E-state index contributed by atoms with van der Waals surface area (Å²) in [5, 5.41) is 0. The van der Waals surface area contributed by atoms with Crippen molar-refractivity contribution in [1.29, 1.82) is 0 Å². The predicted molar refractivity (Wildman–Crippen MR) is 66.3 cm³/mol. The zero-order valence-corrected chi connectivity index (χ0v) is 10.0. The molecule has 2 N–H and O–H groups in total. The summed E-state index contributed by atoms with van der Waals surface area (Å²) in [4.78, 5) is 12.6. The Bertz CT molecular complexity index is 588. The standard InChI is InChI=1S/C13H13FN4/c1-7-4-9(6-10(14)5-7)12-16-11(8-2-3-8)17-13(15)18-12/h4-6,8H,2-3H2,1H3,(H2,15,16,17,18). The third-order valence-electron chi connectivity index (χ3n) is 2.91. The fourth-order valence-corrected chi connectivity index (χ4v) is 1.93. The van der Waals surface area contributed by atoms with Crippen LogP contribution in [0, 0.1) is 12.7 Å². The molecule has 3 rings (SSSR count). The SMILES string of the molecule is Cc1cc(F)cc(-c2nc(N)nc(C3CC3)n2)c1. The Kier molecular flexibility index (Phi) is 2.47. The highest BCUT2D eigenvalue weighted by Gasteiger charge is 2.27. The summed E-state index contributed by atoms with van der Waals surface area (Å²) < 4.78 is 13.4. The van der Waals surface area contributed by atoms with Crippen molar-refractivity contribution in [3.63, 3.8) is 0 Å². The van der Waals surface area contributed by atoms with Crippen LogP contribution in [0.2, 0.25) is 0 Å². The molecular formula is C13H13FN4. The van der Waals surface area contributed by atoms with Gasteiger partial charge in [0.2, 0.25) is 5.95 Å². The van der Waals surface area contributed by atoms with E-state index in [2.05, 4.69) is 15.0 Å². The van der Waals surface area contributed by atoms with Crippen molar-refractivity contribution in [3.8, 4) is 11.4 Å². The Labute approximate surface area is 104 Å². The van der Waals surface area contributed by atoms with Gasteiger partial charge in [-0.25, -0.2) is 9.37 Å². The van der Waals surface area contributed by atoms with Gasteiger partial charge >= 0.3 is 0 Å². The molecule has 92 valence electrons. The monoisotopic (exact) mass is 244 g/mol. The summed E-state index contributed by atoms with van der Waals surface area (Å²) in [7, 11) is 0. The number of halogens is 1. The number of nitrogens with two attached hydrogens (primary N) is 1. The van der Waals surface area contributed by atoms with E-state index in [0.717, 1.165) is 24.2 Å². The van der Waals surface area contributed by atoms with Gasteiger partial charge in [0.25, 0.3) is 0 Å². The van der Waals surface area contributed by atoms with E-state index >= 15 is 0 Å². The summed E-state index contributed by atoms with van der Waals surface area (Å²) in [6.07, 6.45) is 2.18. The van der Waals surface area contributed by atoms with Gasteiger partial charge in [-0.2, -0.15) is 9.97 Å². The summed E-state index contributed by atoms with van der Waals surface area (Å²) in [5.41, 5.74) is 7.16. The molecular weight excluding hydrogens is 231 g/mol. The summed E-state index contributed by atoms with van der Waals surface area (Å²) in [6, 6.07) is 4.73. The lowest BCUT2D eigenvalue weighted by Gasteiger charge is -2.05. The fourth-order valence-electron chi connectivity index (χ4n) is 1.93. The Balaban J connectivity index is 2.09. The van der Waals surface area contributed by atoms with Crippen LogP contribution < -0.4 is 5.73 Å². The van der Waals surface area contributed by atoms with Crippen molar-refractivity contribution in [2.24, 2.45) is 0 Å². The molecule has 1 fully saturated rings. The number of nitrogen functional groups attached to an aromatic ring is 1. The average Bonchev–Trinajstić information content (AvgIpc) is 3.10. The Morgan fingerprint density at radius 2 is 1.94 bits per heavy atom. The van der Waals surface area contributed by atoms with Crippen LogP contribution in [0.3, 0.4) is 0 Å². The minimum absolute atomic E-state index is 0.198. The van der Waals surface area contributed by atoms with E-state index in [1.54, 1.807) is 0 Å². The van der Waals surface area contributed by atoms with E-state index in [1.165, 1.54) is 12.1 Å². The van der Waals surface area contributed by atoms with Crippen LogP contribution in [0.15, 0.2) is 18.2 Å². The first-order valence-electron chi connectivity index (χ1n) is 5.91. The molecule has 5 heteroatoms. The van der Waals surface area contributed by atoms with Gasteiger partial charge in [0.05, 0.1) is 0 Å². The van der Waals surface area contributed by atoms with Crippen molar-refractivity contribution in [2.75, 3.05) is 5.73 Å². The number of hydrogen-bond donors (Lipinski definition) is 1. The fraction of sp³-hybridized carbons (Fsp3) is 0.308. The third-order valence-corrected chi connectivity index (χ3v) is 2.91. The molecule has 18 heavy (non-hydrogen) atoms. The topological polar surface area (TPSA) is 64.7 Å². The normalized spacial score (nSPS) is 14.8. The molecule has 0 aliphatic heterocycles. The highest BCUT2D eigenvalue weighted by Crippen LogP contribution is 2.38. The number of aromatic nitrogens is 3. The first-order valence-corrected chi connectivity index (χ1v) is 5.91. The van der Waals surface area contributed by atoms with E-state index in [9.17, 15) is 4.39 Å². The molecule has 1 aliphatic carbocycles. The molecule has 0 spiro atoms. The maximum absolute atomic E-state index is 13.4. The van der Waals surface area contributed by atoms with Crippen molar-refractivity contribution in [1.82, 2.24) is 15.0 Å². The lowest BCUT2D eigenvalue weighted by molar-refractivity contribution is 0.627. The van der Waals surface area contributed by atoms with Crippen molar-refractivity contribution < 1.29 is 4.39 Å². The van der Waals surface area contributed by atoms with Crippen LogP contribution >= 0.6 is 0 Å². The Hall–Kier alpha value is -2.04. The van der Waals surface area contributed by atoms with Crippen LogP contribution in [0.25, 0.3) is 11.4 Å². The maximum atomic E-state index is 13.4. The van der Waals surface area contributed by atoms with Gasteiger partial charge in [0.15, 0.2) is 5.82 Å². The molecule has 0 unspecified atom stereocenters. The van der Waals surface area contributed by atoms with Crippen LogP contribution in [0.5, 0.6) is 0 Å². The number of benzene rings is 1. The van der Waals surface area contributed by atoms with E-state index in [4.69, 9.17) is 5.73 Å². The average molecular weight is 244 g/mol. The largest absolute Gasteiger partial charge is 0.368 e. The van der Waals surface area contributed by atoms with Crippen molar-refractivity contribution in [3.05, 3.63) is 35.4 Å². The number of anilines is 1. The van der Waals surface area contributed by atoms with Crippen LogP contribution in [-0.4, -0.2) is 15.0 Å². The number of nitrogens with zero attached hydrogens (tertiary/aromatic N) is 3. The second kappa shape index (κ2) is 4.01. The van der Waals surface area contributed by atoms with Gasteiger partial charge < -0.3 is 5.73 Å². The van der Waals surface area contributed by atoms with Crippen molar-refractivity contribution >= 4 is 5.95 Å². The highest BCUT2D eigenvalue weighted by molar-refractivity contribution is 5.57. The molecule has 1 aromatic heterocycles. The molecule has 0 amide bonds. The van der Waals surface area contributed by atoms with E-state index in [0.29, 0.717) is 17.3 Å². The minimum Gasteiger partial charge on any atom is -0.368 e. The molecule has 0 saturated heterocycles. The lowest BCUT2D eigenvalue weighted by atomic mass is 10.1. The molecule has 2 aromatic rings. The first-order chi connectivity index (χ1) is 8.61. The second-order valence-corrected chi connectivity index (χ2v) is 4.67. The summed E-state index contributed by atoms with van der Waals surface area (Å²) in [5.74, 6) is 1.47. The van der Waals surface area contributed by atoms with Gasteiger partial charge in [-0.3, -0.25) is 0 Å². The molecule has 0 bridgehead atoms. The highest BCUT2D eigenvalue weighted by atomic mass is 19.1. The zero-order valence-electron chi connectivity index (χ0n) is 10.0. The van der Waals surface area contributed by atoms with Gasteiger partial charge in [-0.15, -0.1) is 0 Å². The van der Waals surface area contributed by atoms with Gasteiger partial charge in [-0.1, -0.05) is 0 Å². The zero-order chi connectivity index (χ0) is 12.7. The molecule has 0 atom stereocenters. The number of hydrogen-bond acceptors (Lipinski definition) is 4. The predicted octanol–water partition coefficient (Wildman–Crippen LogP) is 2.45. The molecule has 1 heterocycles. The minimum atomic E-state index is -0.294. The molecule has 4 nitrogen and oxygen atoms in total. The molecule has 1 aromatic carbocycles. The lowest BCUT2D eigenvalue weighted by Crippen LogP contribution is -2.04. The van der Waals surface area contributed by atoms with Gasteiger partial charge in [0.1, 0.15) is 11.6 Å². The van der Waals surface area contributed by atoms with Crippen molar-refractivity contribution in [2.45, 2.75) is 25.7 Å². The Morgan fingerprint density at radius 3 is 2.61 bits per heavy atom. The molecule has 1 saturated carbocycles. The second-order valence-electron chi connectivity index (χ2n) is 4.67. The first kappa shape index (κ1) is 11.1. The summed E-state index contributed by atoms with van der Waals surface area (Å²) >= 11 is 0. The maximum Gasteiger partial charge on any atom is 0.223 e. The molecule has 1 aliphatic rings. The smallest absolute Gasteiger partial charge is 0.223 e. The third kappa shape index (κ3) is 2.16. The number of aryl methyl sites for hydroxylation is 1. The summed E-state index contributed by atoms with van der Waals surface area (Å²) in [6.45, 7) is 1.83. The molecule has 0 radical (unpaired) electrons.